The monoisotopic (exact) mass is 370 g/mol. The summed E-state index contributed by atoms with van der Waals surface area (Å²) in [4.78, 5) is 5.11. The lowest BCUT2D eigenvalue weighted by Gasteiger charge is -2.41. The summed E-state index contributed by atoms with van der Waals surface area (Å²) in [5.41, 5.74) is 14.1. The summed E-state index contributed by atoms with van der Waals surface area (Å²) in [5, 5.41) is 9.89. The number of H-pyrrole nitrogens is 1. The maximum absolute atomic E-state index is 15.2. The second-order valence-corrected chi connectivity index (χ2v) is 7.76. The van der Waals surface area contributed by atoms with E-state index in [1.165, 1.54) is 6.08 Å². The number of halogens is 3. The number of nitrogens with zero attached hydrogens (tertiary/aromatic N) is 1. The Balaban J connectivity index is 1.83. The lowest BCUT2D eigenvalue weighted by atomic mass is 9.82. The average molecular weight is 370 g/mol. The van der Waals surface area contributed by atoms with E-state index in [4.69, 9.17) is 11.5 Å². The summed E-state index contributed by atoms with van der Waals surface area (Å²) >= 11 is 0. The number of hydrogen-bond donors (Lipinski definition) is 4. The third-order valence-corrected chi connectivity index (χ3v) is 5.84. The van der Waals surface area contributed by atoms with Gasteiger partial charge >= 0.3 is 0 Å². The van der Waals surface area contributed by atoms with Crippen molar-refractivity contribution in [3.8, 4) is 0 Å². The molecule has 6 N–H and O–H groups in total. The van der Waals surface area contributed by atoms with Crippen molar-refractivity contribution in [1.29, 1.82) is 0 Å². The van der Waals surface area contributed by atoms with Gasteiger partial charge in [0.2, 0.25) is 0 Å². The largest absolute Gasteiger partial charge is 0.374 e. The molecule has 1 saturated heterocycles. The number of nitrogens with one attached hydrogen (secondary N) is 1. The van der Waals surface area contributed by atoms with Crippen molar-refractivity contribution >= 4 is 5.57 Å². The number of aliphatic hydroxyl groups is 1. The van der Waals surface area contributed by atoms with Crippen molar-refractivity contribution in [2.45, 2.75) is 62.5 Å². The van der Waals surface area contributed by atoms with Crippen LogP contribution in [0.1, 0.15) is 47.8 Å². The van der Waals surface area contributed by atoms with E-state index >= 15 is 4.39 Å². The van der Waals surface area contributed by atoms with Gasteiger partial charge in [-0.2, -0.15) is 0 Å². The molecule has 2 heterocycles. The summed E-state index contributed by atoms with van der Waals surface area (Å²) < 4.78 is 43.3. The number of aryl methyl sites for hydroxylation is 1. The van der Waals surface area contributed by atoms with Gasteiger partial charge in [0, 0.05) is 42.3 Å². The van der Waals surface area contributed by atoms with Crippen molar-refractivity contribution in [2.24, 2.45) is 11.5 Å². The molecule has 4 rings (SSSR count). The van der Waals surface area contributed by atoms with Gasteiger partial charge in [0.1, 0.15) is 12.4 Å². The fourth-order valence-electron chi connectivity index (χ4n) is 4.66. The minimum atomic E-state index is -2.81. The van der Waals surface area contributed by atoms with Crippen molar-refractivity contribution in [3.05, 3.63) is 28.6 Å². The van der Waals surface area contributed by atoms with Crippen LogP contribution in [0.2, 0.25) is 0 Å². The molecular formula is C18H25F3N4O. The molecule has 4 atom stereocenters. The van der Waals surface area contributed by atoms with E-state index < -0.39 is 30.8 Å². The molecular weight excluding hydrogens is 345 g/mol. The molecule has 0 spiro atoms. The van der Waals surface area contributed by atoms with E-state index in [1.54, 1.807) is 0 Å². The van der Waals surface area contributed by atoms with Crippen molar-refractivity contribution in [3.63, 3.8) is 0 Å². The highest BCUT2D eigenvalue weighted by molar-refractivity contribution is 5.74. The smallest absolute Gasteiger partial charge is 0.252 e. The van der Waals surface area contributed by atoms with E-state index in [0.717, 1.165) is 12.8 Å². The minimum Gasteiger partial charge on any atom is -0.374 e. The van der Waals surface area contributed by atoms with Crippen LogP contribution in [0.15, 0.2) is 6.08 Å². The lowest BCUT2D eigenvalue weighted by Crippen LogP contribution is -2.48. The third-order valence-electron chi connectivity index (χ3n) is 5.84. The Morgan fingerprint density at radius 1 is 1.38 bits per heavy atom. The standard InChI is InChI=1S/C18H25F3N4O/c19-12-6-10(17(23)26)15-14(16(12)25-5-1-2-9(22)8-25)11-7-18(20,21)4-3-13(11)24-15/h6,9,12,16-17,24,26H,1-5,7-8,22-23H2/t9-,12?,16?,17?/m0/s1. The summed E-state index contributed by atoms with van der Waals surface area (Å²) in [6.07, 6.45) is -0.205. The highest BCUT2D eigenvalue weighted by Gasteiger charge is 2.44. The number of nitrogens with two attached hydrogens (primary N) is 2. The summed E-state index contributed by atoms with van der Waals surface area (Å²) in [5.74, 6) is -2.81. The Morgan fingerprint density at radius 2 is 2.15 bits per heavy atom. The molecule has 8 heteroatoms. The summed E-state index contributed by atoms with van der Waals surface area (Å²) in [6, 6.07) is -0.728. The molecule has 2 aliphatic carbocycles. The number of piperidine rings is 1. The van der Waals surface area contributed by atoms with Gasteiger partial charge in [-0.1, -0.05) is 0 Å². The maximum atomic E-state index is 15.2. The number of likely N-dealkylation sites (tertiary alicyclic amines) is 1. The molecule has 144 valence electrons. The molecule has 26 heavy (non-hydrogen) atoms. The lowest BCUT2D eigenvalue weighted by molar-refractivity contribution is -0.0133. The van der Waals surface area contributed by atoms with E-state index in [1.807, 2.05) is 4.90 Å². The first-order chi connectivity index (χ1) is 12.3. The molecule has 1 aromatic rings. The topological polar surface area (TPSA) is 91.3 Å². The number of hydrogen-bond acceptors (Lipinski definition) is 4. The number of aromatic nitrogens is 1. The first-order valence-corrected chi connectivity index (χ1v) is 9.18. The van der Waals surface area contributed by atoms with Gasteiger partial charge in [0.15, 0.2) is 0 Å². The molecule has 0 aromatic carbocycles. The molecule has 1 aliphatic heterocycles. The Morgan fingerprint density at radius 3 is 2.85 bits per heavy atom. The van der Waals surface area contributed by atoms with Crippen molar-refractivity contribution in [1.82, 2.24) is 9.88 Å². The van der Waals surface area contributed by atoms with Gasteiger partial charge < -0.3 is 21.6 Å². The van der Waals surface area contributed by atoms with E-state index in [0.29, 0.717) is 35.6 Å². The van der Waals surface area contributed by atoms with Crippen LogP contribution in [0.25, 0.3) is 5.57 Å². The molecule has 5 nitrogen and oxygen atoms in total. The number of aromatic amines is 1. The highest BCUT2D eigenvalue weighted by atomic mass is 19.3. The van der Waals surface area contributed by atoms with Gasteiger partial charge in [-0.25, -0.2) is 13.2 Å². The molecule has 0 amide bonds. The van der Waals surface area contributed by atoms with Crippen molar-refractivity contribution in [2.75, 3.05) is 13.1 Å². The number of alkyl halides is 3. The zero-order valence-electron chi connectivity index (χ0n) is 14.5. The first-order valence-electron chi connectivity index (χ1n) is 9.18. The Kier molecular flexibility index (Phi) is 4.42. The Hall–Kier alpha value is -1.35. The van der Waals surface area contributed by atoms with Crippen LogP contribution in [0.5, 0.6) is 0 Å². The van der Waals surface area contributed by atoms with Crippen LogP contribution in [-0.4, -0.2) is 52.4 Å². The number of aliphatic hydroxyl groups excluding tert-OH is 1. The van der Waals surface area contributed by atoms with E-state index in [9.17, 15) is 13.9 Å². The van der Waals surface area contributed by atoms with Crippen LogP contribution in [0.3, 0.4) is 0 Å². The van der Waals surface area contributed by atoms with E-state index in [-0.39, 0.29) is 24.5 Å². The fraction of sp³-hybridized carbons (Fsp3) is 0.667. The van der Waals surface area contributed by atoms with Gasteiger partial charge in [-0.15, -0.1) is 0 Å². The second-order valence-electron chi connectivity index (χ2n) is 7.76. The molecule has 3 aliphatic rings. The van der Waals surface area contributed by atoms with Crippen LogP contribution in [0.4, 0.5) is 13.2 Å². The van der Waals surface area contributed by atoms with Gasteiger partial charge in [-0.3, -0.25) is 4.90 Å². The third kappa shape index (κ3) is 2.98. The van der Waals surface area contributed by atoms with Crippen LogP contribution in [0, 0.1) is 0 Å². The molecule has 0 radical (unpaired) electrons. The van der Waals surface area contributed by atoms with Crippen LogP contribution < -0.4 is 11.5 Å². The van der Waals surface area contributed by atoms with Gasteiger partial charge in [-0.05, 0) is 37.4 Å². The van der Waals surface area contributed by atoms with Crippen LogP contribution in [-0.2, 0) is 12.8 Å². The molecule has 0 bridgehead atoms. The Labute approximate surface area is 150 Å². The molecule has 1 fully saturated rings. The number of fused-ring (bicyclic) bond motifs is 3. The van der Waals surface area contributed by atoms with Crippen LogP contribution >= 0.6 is 0 Å². The predicted octanol–water partition coefficient (Wildman–Crippen LogP) is 1.62. The Bertz CT molecular complexity index is 730. The van der Waals surface area contributed by atoms with E-state index in [2.05, 4.69) is 4.98 Å². The SMILES string of the molecule is NC(O)C1=CC(F)C(N2CCC[C@H](N)C2)c2c1[nH]c1c2CC(F)(F)CC1. The summed E-state index contributed by atoms with van der Waals surface area (Å²) in [7, 11) is 0. The minimum absolute atomic E-state index is 0.0546. The average Bonchev–Trinajstić information content (AvgIpc) is 2.91. The quantitative estimate of drug-likeness (QED) is 0.596. The highest BCUT2D eigenvalue weighted by Crippen LogP contribution is 2.46. The van der Waals surface area contributed by atoms with Crippen molar-refractivity contribution < 1.29 is 18.3 Å². The normalized spacial score (nSPS) is 32.5. The molecule has 1 aromatic heterocycles. The predicted molar refractivity (Wildman–Crippen MR) is 92.4 cm³/mol. The molecule has 3 unspecified atom stereocenters. The molecule has 0 saturated carbocycles. The zero-order valence-corrected chi connectivity index (χ0v) is 14.5. The number of rotatable bonds is 2. The fourth-order valence-corrected chi connectivity index (χ4v) is 4.66. The first kappa shape index (κ1) is 18.0. The maximum Gasteiger partial charge on any atom is 0.252 e. The second kappa shape index (κ2) is 6.37. The zero-order chi connectivity index (χ0) is 18.6. The van der Waals surface area contributed by atoms with Gasteiger partial charge in [0.05, 0.1) is 11.7 Å². The van der Waals surface area contributed by atoms with Gasteiger partial charge in [0.25, 0.3) is 5.92 Å². The summed E-state index contributed by atoms with van der Waals surface area (Å²) in [6.45, 7) is 1.19.